The van der Waals surface area contributed by atoms with Crippen LogP contribution in [-0.4, -0.2) is 16.2 Å². The molecule has 1 saturated carbocycles. The van der Waals surface area contributed by atoms with Crippen molar-refractivity contribution in [3.63, 3.8) is 0 Å². The van der Waals surface area contributed by atoms with Crippen LogP contribution in [0.1, 0.15) is 111 Å². The standard InChI is InChI=1S/C60H64N4O/c1-56(2,3)48-26-19-27-49(57(4,5)6)55(48)63-40-62(51-29-16-17-30-52(51)63)43-23-18-24-44(38-43)65-45-31-32-47-46-25-14-15-28-50(46)64(53(47)39-45)54-37-42(33-36-61-54)60(41-21-12-11-13-22-41)58(7,8)34-20-35-59(60,9)10/h11-19,21-33,36-39H,20,34-35,40H2,1-10H3. The fourth-order valence-electron chi connectivity index (χ4n) is 12.2. The van der Waals surface area contributed by atoms with E-state index in [-0.39, 0.29) is 27.1 Å². The number of aromatic nitrogens is 2. The van der Waals surface area contributed by atoms with Crippen molar-refractivity contribution >= 4 is 44.6 Å². The van der Waals surface area contributed by atoms with E-state index < -0.39 is 0 Å². The molecule has 0 amide bonds. The van der Waals surface area contributed by atoms with Crippen molar-refractivity contribution in [3.05, 3.63) is 180 Å². The van der Waals surface area contributed by atoms with Crippen molar-refractivity contribution in [1.82, 2.24) is 9.55 Å². The molecule has 1 fully saturated rings. The predicted octanol–water partition coefficient (Wildman–Crippen LogP) is 16.3. The summed E-state index contributed by atoms with van der Waals surface area (Å²) < 4.78 is 9.22. The highest BCUT2D eigenvalue weighted by molar-refractivity contribution is 6.09. The normalized spacial score (nSPS) is 16.8. The molecule has 65 heavy (non-hydrogen) atoms. The van der Waals surface area contributed by atoms with Crippen LogP contribution < -0.4 is 14.5 Å². The monoisotopic (exact) mass is 857 g/mol. The van der Waals surface area contributed by atoms with Gasteiger partial charge in [-0.05, 0) is 111 Å². The highest BCUT2D eigenvalue weighted by Gasteiger charge is 2.58. The molecule has 2 aromatic heterocycles. The molecule has 330 valence electrons. The third-order valence-corrected chi connectivity index (χ3v) is 14.9. The van der Waals surface area contributed by atoms with Gasteiger partial charge in [-0.25, -0.2) is 4.98 Å². The lowest BCUT2D eigenvalue weighted by Crippen LogP contribution is -2.56. The second kappa shape index (κ2) is 15.4. The third kappa shape index (κ3) is 6.92. The number of rotatable bonds is 7. The van der Waals surface area contributed by atoms with Crippen molar-refractivity contribution in [2.24, 2.45) is 10.8 Å². The first-order chi connectivity index (χ1) is 31.0. The van der Waals surface area contributed by atoms with Gasteiger partial charge in [-0.15, -0.1) is 0 Å². The summed E-state index contributed by atoms with van der Waals surface area (Å²) >= 11 is 0. The van der Waals surface area contributed by atoms with E-state index >= 15 is 0 Å². The van der Waals surface area contributed by atoms with Crippen LogP contribution in [0.15, 0.2) is 158 Å². The van der Waals surface area contributed by atoms with Gasteiger partial charge in [0, 0.05) is 40.2 Å². The smallest absolute Gasteiger partial charge is 0.137 e. The molecular weight excluding hydrogens is 793 g/mol. The summed E-state index contributed by atoms with van der Waals surface area (Å²) in [5, 5.41) is 2.36. The zero-order chi connectivity index (χ0) is 45.5. The fourth-order valence-corrected chi connectivity index (χ4v) is 12.2. The van der Waals surface area contributed by atoms with E-state index in [2.05, 4.69) is 235 Å². The van der Waals surface area contributed by atoms with Gasteiger partial charge in [-0.2, -0.15) is 0 Å². The molecule has 0 unspecified atom stereocenters. The van der Waals surface area contributed by atoms with Gasteiger partial charge in [0.1, 0.15) is 24.0 Å². The van der Waals surface area contributed by atoms with E-state index in [0.29, 0.717) is 6.67 Å². The van der Waals surface area contributed by atoms with Crippen LogP contribution in [0.5, 0.6) is 11.5 Å². The van der Waals surface area contributed by atoms with Gasteiger partial charge in [0.2, 0.25) is 0 Å². The molecule has 1 aliphatic heterocycles. The molecule has 0 spiro atoms. The van der Waals surface area contributed by atoms with Crippen molar-refractivity contribution in [1.29, 1.82) is 0 Å². The first kappa shape index (κ1) is 42.6. The van der Waals surface area contributed by atoms with Gasteiger partial charge >= 0.3 is 0 Å². The Labute approximate surface area is 386 Å². The molecule has 0 bridgehead atoms. The van der Waals surface area contributed by atoms with Crippen LogP contribution in [0.4, 0.5) is 22.7 Å². The molecular formula is C60H64N4O. The van der Waals surface area contributed by atoms with Crippen LogP contribution in [-0.2, 0) is 16.2 Å². The van der Waals surface area contributed by atoms with Crippen LogP contribution >= 0.6 is 0 Å². The topological polar surface area (TPSA) is 33.5 Å². The summed E-state index contributed by atoms with van der Waals surface area (Å²) in [4.78, 5) is 10.1. The Hall–Kier alpha value is -6.33. The molecule has 6 aromatic carbocycles. The lowest BCUT2D eigenvalue weighted by Gasteiger charge is -2.60. The van der Waals surface area contributed by atoms with Crippen LogP contribution in [0, 0.1) is 10.8 Å². The van der Waals surface area contributed by atoms with Crippen LogP contribution in [0.25, 0.3) is 27.6 Å². The summed E-state index contributed by atoms with van der Waals surface area (Å²) in [6.45, 7) is 24.5. The molecule has 0 atom stereocenters. The summed E-state index contributed by atoms with van der Waals surface area (Å²) in [7, 11) is 0. The first-order valence-corrected chi connectivity index (χ1v) is 23.6. The van der Waals surface area contributed by atoms with Gasteiger partial charge in [0.05, 0.1) is 28.1 Å². The molecule has 1 aliphatic carbocycles. The van der Waals surface area contributed by atoms with E-state index in [1.807, 2.05) is 6.20 Å². The molecule has 0 radical (unpaired) electrons. The van der Waals surface area contributed by atoms with E-state index in [9.17, 15) is 0 Å². The largest absolute Gasteiger partial charge is 0.457 e. The number of nitrogens with zero attached hydrogens (tertiary/aromatic N) is 4. The number of anilines is 4. The van der Waals surface area contributed by atoms with Crippen molar-refractivity contribution < 1.29 is 4.74 Å². The second-order valence-electron chi connectivity index (χ2n) is 22.0. The second-order valence-corrected chi connectivity index (χ2v) is 22.0. The van der Waals surface area contributed by atoms with Gasteiger partial charge in [0.25, 0.3) is 0 Å². The highest BCUT2D eigenvalue weighted by atomic mass is 16.5. The number of benzene rings is 6. The highest BCUT2D eigenvalue weighted by Crippen LogP contribution is 2.64. The zero-order valence-corrected chi connectivity index (χ0v) is 40.0. The Kier molecular flexibility index (Phi) is 10.1. The van der Waals surface area contributed by atoms with Crippen LogP contribution in [0.2, 0.25) is 0 Å². The van der Waals surface area contributed by atoms with Crippen molar-refractivity contribution in [2.45, 2.75) is 105 Å². The third-order valence-electron chi connectivity index (χ3n) is 14.9. The molecule has 10 rings (SSSR count). The van der Waals surface area contributed by atoms with Crippen molar-refractivity contribution in [2.75, 3.05) is 16.5 Å². The van der Waals surface area contributed by atoms with E-state index in [1.165, 1.54) is 56.5 Å². The zero-order valence-electron chi connectivity index (χ0n) is 40.0. The summed E-state index contributed by atoms with van der Waals surface area (Å²) in [6, 6.07) is 55.4. The van der Waals surface area contributed by atoms with Gasteiger partial charge < -0.3 is 14.5 Å². The maximum Gasteiger partial charge on any atom is 0.137 e. The lowest BCUT2D eigenvalue weighted by atomic mass is 9.43. The Morgan fingerprint density at radius 2 is 1.12 bits per heavy atom. The Morgan fingerprint density at radius 1 is 0.523 bits per heavy atom. The Morgan fingerprint density at radius 3 is 1.82 bits per heavy atom. The number of pyridine rings is 1. The van der Waals surface area contributed by atoms with E-state index in [1.54, 1.807) is 0 Å². The summed E-state index contributed by atoms with van der Waals surface area (Å²) in [5.74, 6) is 2.49. The number of para-hydroxylation sites is 4. The molecule has 5 nitrogen and oxygen atoms in total. The SMILES string of the molecule is CC(C)(C)c1cccc(C(C)(C)C)c1N1CN(c2cccc(Oc3ccc4c5ccccc5n(-c5cc(C6(c7ccccc7)C(C)(C)CCCC6(C)C)ccn5)c4c3)c2)c2ccccc21. The van der Waals surface area contributed by atoms with Gasteiger partial charge in [0.15, 0.2) is 0 Å². The predicted molar refractivity (Wildman–Crippen MR) is 273 cm³/mol. The average molecular weight is 857 g/mol. The summed E-state index contributed by atoms with van der Waals surface area (Å²) in [6.07, 6.45) is 5.57. The van der Waals surface area contributed by atoms with E-state index in [0.717, 1.165) is 46.9 Å². The fraction of sp³-hybridized carbons (Fsp3) is 0.317. The molecule has 0 saturated heterocycles. The Balaban J connectivity index is 1.05. The number of ether oxygens (including phenoxy) is 1. The van der Waals surface area contributed by atoms with Gasteiger partial charge in [-0.3, -0.25) is 4.57 Å². The maximum absolute atomic E-state index is 6.87. The molecule has 3 heterocycles. The lowest BCUT2D eigenvalue weighted by molar-refractivity contribution is 0.00547. The van der Waals surface area contributed by atoms with E-state index in [4.69, 9.17) is 9.72 Å². The molecule has 8 aromatic rings. The maximum atomic E-state index is 6.87. The number of hydrogen-bond acceptors (Lipinski definition) is 4. The number of hydrogen-bond donors (Lipinski definition) is 0. The molecule has 5 heteroatoms. The number of fused-ring (bicyclic) bond motifs is 4. The quantitative estimate of drug-likeness (QED) is 0.160. The minimum absolute atomic E-state index is 0.00676. The molecule has 0 N–H and O–H groups in total. The minimum atomic E-state index is -0.229. The Bertz CT molecular complexity index is 3020. The minimum Gasteiger partial charge on any atom is -0.457 e. The first-order valence-electron chi connectivity index (χ1n) is 23.6. The van der Waals surface area contributed by atoms with Gasteiger partial charge in [-0.1, -0.05) is 161 Å². The molecule has 2 aliphatic rings. The van der Waals surface area contributed by atoms with Crippen LogP contribution in [0.3, 0.4) is 0 Å². The average Bonchev–Trinajstić information content (AvgIpc) is 3.82. The van der Waals surface area contributed by atoms with Crippen molar-refractivity contribution in [3.8, 4) is 17.3 Å². The summed E-state index contributed by atoms with van der Waals surface area (Å²) in [5.41, 5.74) is 12.1.